The Labute approximate surface area is 115 Å². The van der Waals surface area contributed by atoms with Crippen LogP contribution in [-0.2, 0) is 14.8 Å². The average molecular weight is 335 g/mol. The van der Waals surface area contributed by atoms with Gasteiger partial charge in [0, 0.05) is 5.69 Å². The molecule has 0 saturated heterocycles. The van der Waals surface area contributed by atoms with Crippen LogP contribution in [0.5, 0.6) is 0 Å². The summed E-state index contributed by atoms with van der Waals surface area (Å²) in [6.45, 7) is 1.89. The van der Waals surface area contributed by atoms with E-state index < -0.39 is 10.0 Å². The Morgan fingerprint density at radius 2 is 1.89 bits per heavy atom. The molecule has 18 heavy (non-hydrogen) atoms. The summed E-state index contributed by atoms with van der Waals surface area (Å²) in [7, 11) is -2.09. The first kappa shape index (κ1) is 15.1. The SMILES string of the molecule is CCC(Br)C(=O)Nc1ccc(S(=O)(=O)NC)cc1. The molecule has 0 saturated carbocycles. The minimum atomic E-state index is -3.44. The highest BCUT2D eigenvalue weighted by atomic mass is 79.9. The van der Waals surface area contributed by atoms with Gasteiger partial charge in [-0.05, 0) is 37.7 Å². The molecule has 1 aromatic rings. The number of rotatable bonds is 5. The largest absolute Gasteiger partial charge is 0.325 e. The Morgan fingerprint density at radius 3 is 2.33 bits per heavy atom. The minimum Gasteiger partial charge on any atom is -0.325 e. The molecular weight excluding hydrogens is 320 g/mol. The van der Waals surface area contributed by atoms with Gasteiger partial charge in [0.2, 0.25) is 15.9 Å². The van der Waals surface area contributed by atoms with Crippen LogP contribution in [0.25, 0.3) is 0 Å². The van der Waals surface area contributed by atoms with Gasteiger partial charge in [-0.3, -0.25) is 4.79 Å². The van der Waals surface area contributed by atoms with Gasteiger partial charge in [-0.2, -0.15) is 0 Å². The number of anilines is 1. The second-order valence-corrected chi connectivity index (χ2v) is 6.59. The Morgan fingerprint density at radius 1 is 1.33 bits per heavy atom. The number of alkyl halides is 1. The monoisotopic (exact) mass is 334 g/mol. The van der Waals surface area contributed by atoms with Crippen molar-refractivity contribution in [2.75, 3.05) is 12.4 Å². The van der Waals surface area contributed by atoms with Crippen molar-refractivity contribution in [1.29, 1.82) is 0 Å². The predicted octanol–water partition coefficient (Wildman–Crippen LogP) is 1.71. The van der Waals surface area contributed by atoms with Crippen LogP contribution in [0.1, 0.15) is 13.3 Å². The highest BCUT2D eigenvalue weighted by Gasteiger charge is 2.14. The molecule has 0 fully saturated rings. The normalized spacial score (nSPS) is 13.1. The fourth-order valence-corrected chi connectivity index (χ4v) is 2.09. The Hall–Kier alpha value is -0.920. The van der Waals surface area contributed by atoms with Crippen LogP contribution in [-0.4, -0.2) is 26.2 Å². The lowest BCUT2D eigenvalue weighted by molar-refractivity contribution is -0.115. The molecule has 1 amide bonds. The molecule has 1 atom stereocenters. The van der Waals surface area contributed by atoms with Crippen LogP contribution in [0.3, 0.4) is 0 Å². The number of carbonyl (C=O) groups is 1. The summed E-state index contributed by atoms with van der Waals surface area (Å²) in [5, 5.41) is 2.69. The van der Waals surface area contributed by atoms with E-state index >= 15 is 0 Å². The van der Waals surface area contributed by atoms with E-state index in [2.05, 4.69) is 26.0 Å². The number of sulfonamides is 1. The van der Waals surface area contributed by atoms with E-state index in [1.54, 1.807) is 12.1 Å². The Bertz CT molecular complexity index is 514. The molecule has 0 bridgehead atoms. The minimum absolute atomic E-state index is 0.151. The third-order valence-electron chi connectivity index (χ3n) is 2.34. The molecule has 0 aliphatic rings. The smallest absolute Gasteiger partial charge is 0.240 e. The second kappa shape index (κ2) is 6.31. The van der Waals surface area contributed by atoms with Gasteiger partial charge in [0.05, 0.1) is 9.72 Å². The van der Waals surface area contributed by atoms with Crippen molar-refractivity contribution >= 4 is 37.5 Å². The van der Waals surface area contributed by atoms with Crippen LogP contribution in [0, 0.1) is 0 Å². The van der Waals surface area contributed by atoms with E-state index in [0.29, 0.717) is 12.1 Å². The van der Waals surface area contributed by atoms with Gasteiger partial charge >= 0.3 is 0 Å². The summed E-state index contributed by atoms with van der Waals surface area (Å²) in [5.74, 6) is -0.151. The molecule has 5 nitrogen and oxygen atoms in total. The zero-order valence-corrected chi connectivity index (χ0v) is 12.5. The number of benzene rings is 1. The van der Waals surface area contributed by atoms with Crippen molar-refractivity contribution in [2.24, 2.45) is 0 Å². The summed E-state index contributed by atoms with van der Waals surface area (Å²) in [5.41, 5.74) is 0.563. The molecule has 7 heteroatoms. The Balaban J connectivity index is 2.82. The molecule has 2 N–H and O–H groups in total. The van der Waals surface area contributed by atoms with Crippen LogP contribution >= 0.6 is 15.9 Å². The van der Waals surface area contributed by atoms with Crippen LogP contribution in [0.2, 0.25) is 0 Å². The fourth-order valence-electron chi connectivity index (χ4n) is 1.24. The van der Waals surface area contributed by atoms with Gasteiger partial charge in [-0.25, -0.2) is 13.1 Å². The second-order valence-electron chi connectivity index (χ2n) is 3.60. The van der Waals surface area contributed by atoms with Crippen molar-refractivity contribution in [2.45, 2.75) is 23.1 Å². The van der Waals surface area contributed by atoms with Gasteiger partial charge in [0.25, 0.3) is 0 Å². The molecule has 0 spiro atoms. The highest BCUT2D eigenvalue weighted by molar-refractivity contribution is 9.10. The van der Waals surface area contributed by atoms with Gasteiger partial charge in [0.1, 0.15) is 0 Å². The van der Waals surface area contributed by atoms with E-state index in [9.17, 15) is 13.2 Å². The van der Waals surface area contributed by atoms with E-state index in [0.717, 1.165) is 0 Å². The standard InChI is InChI=1S/C11H15BrN2O3S/c1-3-10(12)11(15)14-8-4-6-9(7-5-8)18(16,17)13-2/h4-7,10,13H,3H2,1-2H3,(H,14,15). The molecule has 0 aromatic heterocycles. The van der Waals surface area contributed by atoms with Crippen LogP contribution < -0.4 is 10.0 Å². The van der Waals surface area contributed by atoms with Crippen molar-refractivity contribution in [3.05, 3.63) is 24.3 Å². The van der Waals surface area contributed by atoms with Gasteiger partial charge in [0.15, 0.2) is 0 Å². The molecule has 0 aliphatic carbocycles. The first-order chi connectivity index (χ1) is 8.40. The van der Waals surface area contributed by atoms with Crippen molar-refractivity contribution < 1.29 is 13.2 Å². The lowest BCUT2D eigenvalue weighted by atomic mass is 10.3. The third-order valence-corrected chi connectivity index (χ3v) is 4.84. The summed E-state index contributed by atoms with van der Waals surface area (Å²) >= 11 is 3.24. The molecule has 1 unspecified atom stereocenters. The van der Waals surface area contributed by atoms with Crippen LogP contribution in [0.15, 0.2) is 29.2 Å². The summed E-state index contributed by atoms with van der Waals surface area (Å²) in [4.78, 5) is 11.5. The molecule has 100 valence electrons. The topological polar surface area (TPSA) is 75.3 Å². The van der Waals surface area contributed by atoms with E-state index in [1.807, 2.05) is 6.92 Å². The number of hydrogen-bond donors (Lipinski definition) is 2. The van der Waals surface area contributed by atoms with Crippen molar-refractivity contribution in [3.63, 3.8) is 0 Å². The quantitative estimate of drug-likeness (QED) is 0.805. The zero-order valence-electron chi connectivity index (χ0n) is 10.1. The average Bonchev–Trinajstić information content (AvgIpc) is 2.38. The van der Waals surface area contributed by atoms with Crippen molar-refractivity contribution in [3.8, 4) is 0 Å². The summed E-state index contributed by atoms with van der Waals surface area (Å²) in [6, 6.07) is 5.99. The van der Waals surface area contributed by atoms with E-state index in [4.69, 9.17) is 0 Å². The lowest BCUT2D eigenvalue weighted by Gasteiger charge is -2.09. The number of amides is 1. The first-order valence-corrected chi connectivity index (χ1v) is 7.79. The number of hydrogen-bond acceptors (Lipinski definition) is 3. The fraction of sp³-hybridized carbons (Fsp3) is 0.364. The Kier molecular flexibility index (Phi) is 5.30. The molecule has 1 rings (SSSR count). The van der Waals surface area contributed by atoms with E-state index in [1.165, 1.54) is 19.2 Å². The van der Waals surface area contributed by atoms with E-state index in [-0.39, 0.29) is 15.6 Å². The number of carbonyl (C=O) groups excluding carboxylic acids is 1. The molecule has 1 aromatic carbocycles. The lowest BCUT2D eigenvalue weighted by Crippen LogP contribution is -2.22. The molecule has 0 radical (unpaired) electrons. The van der Waals surface area contributed by atoms with Crippen molar-refractivity contribution in [1.82, 2.24) is 4.72 Å². The third kappa shape index (κ3) is 3.79. The predicted molar refractivity (Wildman–Crippen MR) is 74.3 cm³/mol. The summed E-state index contributed by atoms with van der Waals surface area (Å²) in [6.07, 6.45) is 0.679. The van der Waals surface area contributed by atoms with Gasteiger partial charge in [-0.1, -0.05) is 22.9 Å². The molecule has 0 heterocycles. The zero-order chi connectivity index (χ0) is 13.8. The number of nitrogens with one attached hydrogen (secondary N) is 2. The van der Waals surface area contributed by atoms with Crippen LogP contribution in [0.4, 0.5) is 5.69 Å². The number of halogens is 1. The van der Waals surface area contributed by atoms with Gasteiger partial charge < -0.3 is 5.32 Å². The first-order valence-electron chi connectivity index (χ1n) is 5.39. The molecular formula is C11H15BrN2O3S. The summed E-state index contributed by atoms with van der Waals surface area (Å²) < 4.78 is 25.2. The maximum absolute atomic E-state index is 11.6. The highest BCUT2D eigenvalue weighted by Crippen LogP contribution is 2.15. The maximum Gasteiger partial charge on any atom is 0.240 e. The molecule has 0 aliphatic heterocycles. The maximum atomic E-state index is 11.6. The van der Waals surface area contributed by atoms with Gasteiger partial charge in [-0.15, -0.1) is 0 Å².